The number of hydrogen-bond donors (Lipinski definition) is 1. The first-order valence-corrected chi connectivity index (χ1v) is 11.5. The average Bonchev–Trinajstić information content (AvgIpc) is 3.54. The van der Waals surface area contributed by atoms with Crippen molar-refractivity contribution in [3.8, 4) is 5.75 Å². The summed E-state index contributed by atoms with van der Waals surface area (Å²) in [6.45, 7) is 7.41. The number of phenols is 1. The van der Waals surface area contributed by atoms with E-state index in [0.29, 0.717) is 24.1 Å². The minimum atomic E-state index is -0.00153. The number of aryl methyl sites for hydroxylation is 1. The summed E-state index contributed by atoms with van der Waals surface area (Å²) in [5.41, 5.74) is 2.29. The SMILES string of the molecule is CC(C)(C)c1ccc(CCCCCCCC2OC2CCCCC2CO2)cc1O. The van der Waals surface area contributed by atoms with Crippen LogP contribution in [0.3, 0.4) is 0 Å². The van der Waals surface area contributed by atoms with Gasteiger partial charge in [0.1, 0.15) is 5.75 Å². The topological polar surface area (TPSA) is 45.3 Å². The van der Waals surface area contributed by atoms with Crippen molar-refractivity contribution in [2.75, 3.05) is 6.61 Å². The van der Waals surface area contributed by atoms with Crippen LogP contribution in [0.2, 0.25) is 0 Å². The molecule has 3 unspecified atom stereocenters. The molecule has 0 amide bonds. The van der Waals surface area contributed by atoms with Crippen molar-refractivity contribution >= 4 is 0 Å². The summed E-state index contributed by atoms with van der Waals surface area (Å²) in [6, 6.07) is 6.24. The van der Waals surface area contributed by atoms with Crippen LogP contribution >= 0.6 is 0 Å². The monoisotopic (exact) mass is 388 g/mol. The van der Waals surface area contributed by atoms with Crippen molar-refractivity contribution in [1.29, 1.82) is 0 Å². The molecular weight excluding hydrogens is 348 g/mol. The van der Waals surface area contributed by atoms with E-state index in [1.54, 1.807) is 0 Å². The molecule has 0 radical (unpaired) electrons. The Morgan fingerprint density at radius 2 is 1.50 bits per heavy atom. The van der Waals surface area contributed by atoms with Gasteiger partial charge in [-0.05, 0) is 54.7 Å². The third kappa shape index (κ3) is 7.40. The smallest absolute Gasteiger partial charge is 0.119 e. The Morgan fingerprint density at radius 3 is 2.14 bits per heavy atom. The minimum Gasteiger partial charge on any atom is -0.508 e. The summed E-state index contributed by atoms with van der Waals surface area (Å²) >= 11 is 0. The van der Waals surface area contributed by atoms with E-state index in [-0.39, 0.29) is 5.41 Å². The van der Waals surface area contributed by atoms with Crippen molar-refractivity contribution in [1.82, 2.24) is 0 Å². The van der Waals surface area contributed by atoms with Crippen molar-refractivity contribution in [2.24, 2.45) is 0 Å². The number of aromatic hydroxyl groups is 1. The lowest BCUT2D eigenvalue weighted by atomic mass is 9.85. The fourth-order valence-corrected chi connectivity index (χ4v) is 4.21. The zero-order valence-electron chi connectivity index (χ0n) is 18.2. The number of ether oxygens (including phenoxy) is 2. The Bertz CT molecular complexity index is 600. The highest BCUT2D eigenvalue weighted by molar-refractivity contribution is 5.40. The Labute approximate surface area is 171 Å². The number of benzene rings is 1. The van der Waals surface area contributed by atoms with E-state index in [1.807, 2.05) is 6.07 Å². The zero-order chi connectivity index (χ0) is 20.0. The summed E-state index contributed by atoms with van der Waals surface area (Å²) in [4.78, 5) is 0. The molecule has 2 heterocycles. The summed E-state index contributed by atoms with van der Waals surface area (Å²) in [6.07, 6.45) is 15.5. The number of epoxide rings is 2. The van der Waals surface area contributed by atoms with E-state index in [2.05, 4.69) is 32.9 Å². The standard InChI is InChI=1S/C25H40O3/c1-25(2,3)21-16-15-19(17-22(21)26)11-7-5-4-6-8-13-23-24(28-23)14-10-9-12-20-18-27-20/h15-17,20,23-24,26H,4-14,18H2,1-3H3. The fourth-order valence-electron chi connectivity index (χ4n) is 4.21. The highest BCUT2D eigenvalue weighted by atomic mass is 16.6. The third-order valence-electron chi connectivity index (χ3n) is 6.18. The molecule has 1 N–H and O–H groups in total. The summed E-state index contributed by atoms with van der Waals surface area (Å²) in [5.74, 6) is 0.449. The maximum Gasteiger partial charge on any atom is 0.119 e. The van der Waals surface area contributed by atoms with Crippen molar-refractivity contribution < 1.29 is 14.6 Å². The van der Waals surface area contributed by atoms with Crippen molar-refractivity contribution in [3.05, 3.63) is 29.3 Å². The number of rotatable bonds is 13. The first-order chi connectivity index (χ1) is 13.4. The zero-order valence-corrected chi connectivity index (χ0v) is 18.2. The van der Waals surface area contributed by atoms with Crippen LogP contribution < -0.4 is 0 Å². The van der Waals surface area contributed by atoms with Gasteiger partial charge in [-0.15, -0.1) is 0 Å². The second-order valence-corrected chi connectivity index (χ2v) is 9.86. The quantitative estimate of drug-likeness (QED) is 0.318. The van der Waals surface area contributed by atoms with Crippen LogP contribution in [0.4, 0.5) is 0 Å². The van der Waals surface area contributed by atoms with Gasteiger partial charge in [0.25, 0.3) is 0 Å². The predicted octanol–water partition coefficient (Wildman–Crippen LogP) is 6.30. The first kappa shape index (κ1) is 21.6. The Balaban J connectivity index is 1.16. The largest absolute Gasteiger partial charge is 0.508 e. The van der Waals surface area contributed by atoms with Gasteiger partial charge >= 0.3 is 0 Å². The lowest BCUT2D eigenvalue weighted by molar-refractivity contribution is 0.344. The van der Waals surface area contributed by atoms with E-state index in [1.165, 1.54) is 69.8 Å². The maximum atomic E-state index is 10.3. The molecule has 3 heteroatoms. The summed E-state index contributed by atoms with van der Waals surface area (Å²) in [7, 11) is 0. The molecule has 28 heavy (non-hydrogen) atoms. The number of hydrogen-bond acceptors (Lipinski definition) is 3. The highest BCUT2D eigenvalue weighted by Crippen LogP contribution is 2.33. The van der Waals surface area contributed by atoms with Crippen LogP contribution in [0.15, 0.2) is 18.2 Å². The Kier molecular flexibility index (Phi) is 7.82. The van der Waals surface area contributed by atoms with Crippen molar-refractivity contribution in [2.45, 2.75) is 115 Å². The molecule has 0 aliphatic carbocycles. The van der Waals surface area contributed by atoms with Crippen LogP contribution in [0.5, 0.6) is 5.75 Å². The van der Waals surface area contributed by atoms with E-state index >= 15 is 0 Å². The molecule has 2 saturated heterocycles. The molecule has 3 atom stereocenters. The first-order valence-electron chi connectivity index (χ1n) is 11.5. The molecule has 2 aliphatic heterocycles. The molecule has 3 nitrogen and oxygen atoms in total. The fraction of sp³-hybridized carbons (Fsp3) is 0.760. The van der Waals surface area contributed by atoms with Gasteiger partial charge < -0.3 is 14.6 Å². The Morgan fingerprint density at radius 1 is 0.893 bits per heavy atom. The highest BCUT2D eigenvalue weighted by Gasteiger charge is 2.37. The molecule has 0 spiro atoms. The molecule has 158 valence electrons. The van der Waals surface area contributed by atoms with Gasteiger partial charge in [0.2, 0.25) is 0 Å². The molecule has 2 aliphatic rings. The average molecular weight is 389 g/mol. The lowest BCUT2D eigenvalue weighted by Crippen LogP contribution is -2.11. The van der Waals surface area contributed by atoms with Gasteiger partial charge in [0, 0.05) is 0 Å². The molecular formula is C25H40O3. The molecule has 0 saturated carbocycles. The second kappa shape index (κ2) is 10.1. The van der Waals surface area contributed by atoms with Gasteiger partial charge in [-0.3, -0.25) is 0 Å². The van der Waals surface area contributed by atoms with Crippen LogP contribution in [0, 0.1) is 0 Å². The van der Waals surface area contributed by atoms with Crippen LogP contribution in [0.25, 0.3) is 0 Å². The van der Waals surface area contributed by atoms with E-state index in [4.69, 9.17) is 9.47 Å². The molecule has 0 aromatic heterocycles. The molecule has 3 rings (SSSR count). The normalized spacial score (nSPS) is 23.8. The predicted molar refractivity (Wildman–Crippen MR) is 115 cm³/mol. The van der Waals surface area contributed by atoms with Gasteiger partial charge in [-0.1, -0.05) is 71.4 Å². The summed E-state index contributed by atoms with van der Waals surface area (Å²) in [5, 5.41) is 10.3. The second-order valence-electron chi connectivity index (χ2n) is 9.86. The maximum absolute atomic E-state index is 10.3. The van der Waals surface area contributed by atoms with E-state index < -0.39 is 0 Å². The molecule has 0 bridgehead atoms. The molecule has 2 fully saturated rings. The van der Waals surface area contributed by atoms with Gasteiger partial charge in [0.15, 0.2) is 0 Å². The number of phenolic OH excluding ortho intramolecular Hbond substituents is 1. The van der Waals surface area contributed by atoms with Gasteiger partial charge in [0.05, 0.1) is 24.9 Å². The van der Waals surface area contributed by atoms with E-state index in [9.17, 15) is 5.11 Å². The van der Waals surface area contributed by atoms with Gasteiger partial charge in [-0.25, -0.2) is 0 Å². The van der Waals surface area contributed by atoms with Crippen molar-refractivity contribution in [3.63, 3.8) is 0 Å². The van der Waals surface area contributed by atoms with Crippen LogP contribution in [0.1, 0.15) is 96.1 Å². The summed E-state index contributed by atoms with van der Waals surface area (Å²) < 4.78 is 11.1. The van der Waals surface area contributed by atoms with Crippen LogP contribution in [-0.4, -0.2) is 30.0 Å². The van der Waals surface area contributed by atoms with E-state index in [0.717, 1.165) is 18.6 Å². The van der Waals surface area contributed by atoms with Crippen LogP contribution in [-0.2, 0) is 21.3 Å². The third-order valence-corrected chi connectivity index (χ3v) is 6.18. The number of unbranched alkanes of at least 4 members (excludes halogenated alkanes) is 5. The Hall–Kier alpha value is -1.06. The van der Waals surface area contributed by atoms with Gasteiger partial charge in [-0.2, -0.15) is 0 Å². The molecule has 1 aromatic carbocycles. The molecule has 1 aromatic rings. The lowest BCUT2D eigenvalue weighted by Gasteiger charge is -2.20. The minimum absolute atomic E-state index is 0.00153.